The third-order valence-corrected chi connectivity index (χ3v) is 5.36. The van der Waals surface area contributed by atoms with Crippen molar-refractivity contribution in [1.29, 1.82) is 0 Å². The molecule has 11 heteroatoms. The van der Waals surface area contributed by atoms with Gasteiger partial charge in [0.2, 0.25) is 17.7 Å². The molecule has 0 saturated heterocycles. The molecule has 178 valence electrons. The topological polar surface area (TPSA) is 171 Å². The van der Waals surface area contributed by atoms with Gasteiger partial charge in [0.05, 0.1) is 6.10 Å². The zero-order valence-electron chi connectivity index (χ0n) is 18.4. The molecule has 0 saturated carbocycles. The van der Waals surface area contributed by atoms with Crippen LogP contribution in [-0.4, -0.2) is 76.2 Å². The molecule has 5 atom stereocenters. The van der Waals surface area contributed by atoms with Crippen LogP contribution in [0, 0.1) is 0 Å². The summed E-state index contributed by atoms with van der Waals surface area (Å²) in [5.41, 5.74) is 6.33. The summed E-state index contributed by atoms with van der Waals surface area (Å²) in [6.07, 6.45) is 1.09. The number of hydrogen-bond donors (Lipinski definition) is 6. The number of carbonyl (C=O) groups excluding carboxylic acids is 3. The lowest BCUT2D eigenvalue weighted by molar-refractivity contribution is -0.142. The van der Waals surface area contributed by atoms with E-state index < -0.39 is 54.0 Å². The minimum Gasteiger partial charge on any atom is -0.480 e. The number of rotatable bonds is 13. The highest BCUT2D eigenvalue weighted by molar-refractivity contribution is 7.98. The second kappa shape index (κ2) is 13.7. The number of nitrogens with two attached hydrogens (primary N) is 1. The normalized spacial score (nSPS) is 15.5. The van der Waals surface area contributed by atoms with E-state index in [-0.39, 0.29) is 12.8 Å². The Hall–Kier alpha value is -2.63. The van der Waals surface area contributed by atoms with E-state index in [0.717, 1.165) is 5.56 Å². The summed E-state index contributed by atoms with van der Waals surface area (Å²) in [6.45, 7) is 2.77. The molecule has 1 aromatic carbocycles. The first-order valence-corrected chi connectivity index (χ1v) is 11.6. The standard InChI is InChI=1S/C21H32N4O6S/c1-12(23-20(29)17(22)13(2)26)18(27)25-16(11-14-7-5-4-6-8-14)19(28)24-15(21(30)31)9-10-32-3/h4-8,12-13,15-17,26H,9-11,22H2,1-3H3,(H,23,29)(H,24,28)(H,25,27)(H,30,31). The molecule has 0 aliphatic rings. The first kappa shape index (κ1) is 27.4. The van der Waals surface area contributed by atoms with Crippen LogP contribution in [-0.2, 0) is 25.6 Å². The largest absolute Gasteiger partial charge is 0.480 e. The molecule has 5 unspecified atom stereocenters. The van der Waals surface area contributed by atoms with Gasteiger partial charge in [-0.25, -0.2) is 4.79 Å². The van der Waals surface area contributed by atoms with Crippen molar-refractivity contribution in [2.45, 2.75) is 57.0 Å². The Morgan fingerprint density at radius 1 is 0.969 bits per heavy atom. The van der Waals surface area contributed by atoms with E-state index in [1.807, 2.05) is 12.3 Å². The van der Waals surface area contributed by atoms with Gasteiger partial charge in [0.1, 0.15) is 24.2 Å². The summed E-state index contributed by atoms with van der Waals surface area (Å²) in [5, 5.41) is 26.3. The lowest BCUT2D eigenvalue weighted by Gasteiger charge is -2.24. The van der Waals surface area contributed by atoms with E-state index in [0.29, 0.717) is 5.75 Å². The van der Waals surface area contributed by atoms with Crippen molar-refractivity contribution >= 4 is 35.5 Å². The van der Waals surface area contributed by atoms with Gasteiger partial charge >= 0.3 is 5.97 Å². The highest BCUT2D eigenvalue weighted by Crippen LogP contribution is 2.06. The van der Waals surface area contributed by atoms with Crippen molar-refractivity contribution in [2.75, 3.05) is 12.0 Å². The van der Waals surface area contributed by atoms with Crippen molar-refractivity contribution in [1.82, 2.24) is 16.0 Å². The molecule has 0 radical (unpaired) electrons. The highest BCUT2D eigenvalue weighted by atomic mass is 32.2. The van der Waals surface area contributed by atoms with Gasteiger partial charge in [-0.1, -0.05) is 30.3 Å². The van der Waals surface area contributed by atoms with Crippen LogP contribution in [0.15, 0.2) is 30.3 Å². The number of aliphatic hydroxyl groups excluding tert-OH is 1. The molecule has 1 rings (SSSR count). The second-order valence-corrected chi connectivity index (χ2v) is 8.41. The highest BCUT2D eigenvalue weighted by Gasteiger charge is 2.29. The van der Waals surface area contributed by atoms with Crippen molar-refractivity contribution in [3.8, 4) is 0 Å². The molecule has 0 bridgehead atoms. The van der Waals surface area contributed by atoms with Gasteiger partial charge in [-0.2, -0.15) is 11.8 Å². The monoisotopic (exact) mass is 468 g/mol. The number of benzene rings is 1. The van der Waals surface area contributed by atoms with Gasteiger partial charge in [-0.3, -0.25) is 14.4 Å². The molecule has 0 aromatic heterocycles. The van der Waals surface area contributed by atoms with Crippen LogP contribution >= 0.6 is 11.8 Å². The molecule has 3 amide bonds. The summed E-state index contributed by atoms with van der Waals surface area (Å²) in [5.74, 6) is -2.63. The third kappa shape index (κ3) is 9.25. The van der Waals surface area contributed by atoms with E-state index in [1.165, 1.54) is 25.6 Å². The number of aliphatic carboxylic acids is 1. The van der Waals surface area contributed by atoms with Crippen LogP contribution in [0.4, 0.5) is 0 Å². The molecule has 0 heterocycles. The summed E-state index contributed by atoms with van der Waals surface area (Å²) >= 11 is 1.46. The molecule has 7 N–H and O–H groups in total. The minimum absolute atomic E-state index is 0.126. The number of nitrogens with one attached hydrogen (secondary N) is 3. The molecule has 1 aromatic rings. The molecule has 10 nitrogen and oxygen atoms in total. The Bertz CT molecular complexity index is 777. The van der Waals surface area contributed by atoms with Crippen LogP contribution in [0.1, 0.15) is 25.8 Å². The number of aliphatic hydroxyl groups is 1. The van der Waals surface area contributed by atoms with E-state index in [1.54, 1.807) is 24.3 Å². The molecule has 0 aliphatic heterocycles. The average Bonchev–Trinajstić information content (AvgIpc) is 2.75. The quantitative estimate of drug-likeness (QED) is 0.219. The Morgan fingerprint density at radius 2 is 1.56 bits per heavy atom. The number of carboxylic acids is 1. The number of hydrogen-bond acceptors (Lipinski definition) is 7. The van der Waals surface area contributed by atoms with Crippen molar-refractivity contribution in [3.05, 3.63) is 35.9 Å². The van der Waals surface area contributed by atoms with Crippen LogP contribution in [0.5, 0.6) is 0 Å². The van der Waals surface area contributed by atoms with Gasteiger partial charge in [-0.05, 0) is 37.8 Å². The number of thioether (sulfide) groups is 1. The summed E-state index contributed by atoms with van der Waals surface area (Å²) in [6, 6.07) is 4.53. The molecule has 0 aliphatic carbocycles. The molecular weight excluding hydrogens is 436 g/mol. The Morgan fingerprint density at radius 3 is 2.09 bits per heavy atom. The predicted molar refractivity (Wildman–Crippen MR) is 122 cm³/mol. The van der Waals surface area contributed by atoms with Crippen molar-refractivity contribution in [3.63, 3.8) is 0 Å². The Balaban J connectivity index is 2.93. The maximum atomic E-state index is 12.9. The first-order valence-electron chi connectivity index (χ1n) is 10.2. The molecule has 0 fully saturated rings. The zero-order valence-corrected chi connectivity index (χ0v) is 19.2. The maximum Gasteiger partial charge on any atom is 0.326 e. The minimum atomic E-state index is -1.21. The van der Waals surface area contributed by atoms with Crippen molar-refractivity contribution in [2.24, 2.45) is 5.73 Å². The lowest BCUT2D eigenvalue weighted by Crippen LogP contribution is -2.57. The van der Waals surface area contributed by atoms with Gasteiger partial charge in [0, 0.05) is 6.42 Å². The fourth-order valence-electron chi connectivity index (χ4n) is 2.72. The fraction of sp³-hybridized carbons (Fsp3) is 0.524. The second-order valence-electron chi connectivity index (χ2n) is 7.43. The van der Waals surface area contributed by atoms with Gasteiger partial charge in [0.15, 0.2) is 0 Å². The fourth-order valence-corrected chi connectivity index (χ4v) is 3.19. The van der Waals surface area contributed by atoms with Crippen LogP contribution in [0.2, 0.25) is 0 Å². The number of carbonyl (C=O) groups is 4. The van der Waals surface area contributed by atoms with Gasteiger partial charge in [-0.15, -0.1) is 0 Å². The molecule has 32 heavy (non-hydrogen) atoms. The Labute approximate surface area is 191 Å². The maximum absolute atomic E-state index is 12.9. The SMILES string of the molecule is CSCCC(NC(=O)C(Cc1ccccc1)NC(=O)C(C)NC(=O)C(N)C(C)O)C(=O)O. The van der Waals surface area contributed by atoms with Crippen LogP contribution < -0.4 is 21.7 Å². The number of carboxylic acid groups (broad SMARTS) is 1. The predicted octanol–water partition coefficient (Wildman–Crippen LogP) is -0.751. The van der Waals surface area contributed by atoms with Gasteiger partial charge < -0.3 is 31.9 Å². The van der Waals surface area contributed by atoms with E-state index >= 15 is 0 Å². The van der Waals surface area contributed by atoms with E-state index in [4.69, 9.17) is 5.73 Å². The van der Waals surface area contributed by atoms with Crippen molar-refractivity contribution < 1.29 is 29.4 Å². The molecule has 0 spiro atoms. The summed E-state index contributed by atoms with van der Waals surface area (Å²) in [7, 11) is 0. The van der Waals surface area contributed by atoms with E-state index in [9.17, 15) is 29.4 Å². The third-order valence-electron chi connectivity index (χ3n) is 4.72. The molecular formula is C21H32N4O6S. The van der Waals surface area contributed by atoms with E-state index in [2.05, 4.69) is 16.0 Å². The lowest BCUT2D eigenvalue weighted by atomic mass is 10.0. The summed E-state index contributed by atoms with van der Waals surface area (Å²) in [4.78, 5) is 49.0. The van der Waals surface area contributed by atoms with Crippen LogP contribution in [0.3, 0.4) is 0 Å². The van der Waals surface area contributed by atoms with Gasteiger partial charge in [0.25, 0.3) is 0 Å². The smallest absolute Gasteiger partial charge is 0.326 e. The number of amides is 3. The first-order chi connectivity index (χ1) is 15.1. The average molecular weight is 469 g/mol. The summed E-state index contributed by atoms with van der Waals surface area (Å²) < 4.78 is 0. The zero-order chi connectivity index (χ0) is 24.3. The van der Waals surface area contributed by atoms with Crippen LogP contribution in [0.25, 0.3) is 0 Å². The Kier molecular flexibility index (Phi) is 11.7.